The number of nitriles is 1. The normalized spacial score (nSPS) is 18.3. The fraction of sp³-hybridized carbons (Fsp3) is 0.235. The first-order valence-electron chi connectivity index (χ1n) is 7.26. The van der Waals surface area contributed by atoms with Gasteiger partial charge in [-0.1, -0.05) is 30.3 Å². The van der Waals surface area contributed by atoms with Crippen molar-refractivity contribution in [1.29, 1.82) is 5.26 Å². The Kier molecular flexibility index (Phi) is 4.07. The summed E-state index contributed by atoms with van der Waals surface area (Å²) in [7, 11) is -3.77. The van der Waals surface area contributed by atoms with Gasteiger partial charge >= 0.3 is 0 Å². The van der Waals surface area contributed by atoms with Gasteiger partial charge in [0.05, 0.1) is 17.0 Å². The second-order valence-electron chi connectivity index (χ2n) is 5.44. The van der Waals surface area contributed by atoms with Gasteiger partial charge in [-0.25, -0.2) is 8.42 Å². The molecule has 0 fully saturated rings. The van der Waals surface area contributed by atoms with E-state index < -0.39 is 10.0 Å². The SMILES string of the molecule is CC1CN(S(=O)(=O)c2ccccc2C#N)Cc2ccccc2O1. The molecule has 1 aliphatic rings. The summed E-state index contributed by atoms with van der Waals surface area (Å²) in [5.41, 5.74) is 0.966. The third-order valence-corrected chi connectivity index (χ3v) is 5.60. The van der Waals surface area contributed by atoms with Gasteiger partial charge in [0.15, 0.2) is 0 Å². The molecule has 0 saturated carbocycles. The first-order valence-corrected chi connectivity index (χ1v) is 8.70. The summed E-state index contributed by atoms with van der Waals surface area (Å²) < 4.78 is 33.2. The van der Waals surface area contributed by atoms with Crippen LogP contribution in [0.5, 0.6) is 5.75 Å². The maximum Gasteiger partial charge on any atom is 0.244 e. The number of benzene rings is 2. The summed E-state index contributed by atoms with van der Waals surface area (Å²) in [5.74, 6) is 0.700. The zero-order valence-electron chi connectivity index (χ0n) is 12.6. The van der Waals surface area contributed by atoms with Crippen LogP contribution in [0.15, 0.2) is 53.4 Å². The summed E-state index contributed by atoms with van der Waals surface area (Å²) in [5, 5.41) is 9.19. The molecule has 0 N–H and O–H groups in total. The lowest BCUT2D eigenvalue weighted by molar-refractivity contribution is 0.201. The molecule has 0 amide bonds. The number of nitrogens with zero attached hydrogens (tertiary/aromatic N) is 2. The number of fused-ring (bicyclic) bond motifs is 1. The monoisotopic (exact) mass is 328 g/mol. The number of hydrogen-bond acceptors (Lipinski definition) is 4. The van der Waals surface area contributed by atoms with Crippen molar-refractivity contribution in [2.45, 2.75) is 24.5 Å². The van der Waals surface area contributed by atoms with Crippen molar-refractivity contribution >= 4 is 10.0 Å². The Morgan fingerprint density at radius 1 is 1.17 bits per heavy atom. The van der Waals surface area contributed by atoms with E-state index in [1.165, 1.54) is 16.4 Å². The molecule has 0 saturated heterocycles. The molecule has 1 atom stereocenters. The largest absolute Gasteiger partial charge is 0.489 e. The molecule has 6 heteroatoms. The molecule has 0 aromatic heterocycles. The molecule has 118 valence electrons. The Bertz CT molecular complexity index is 871. The average molecular weight is 328 g/mol. The molecule has 2 aromatic carbocycles. The minimum atomic E-state index is -3.77. The molecule has 23 heavy (non-hydrogen) atoms. The number of sulfonamides is 1. The summed E-state index contributed by atoms with van der Waals surface area (Å²) >= 11 is 0. The molecule has 3 rings (SSSR count). The topological polar surface area (TPSA) is 70.4 Å². The van der Waals surface area contributed by atoms with E-state index >= 15 is 0 Å². The molecule has 1 heterocycles. The van der Waals surface area contributed by atoms with E-state index in [0.29, 0.717) is 5.75 Å². The maximum absolute atomic E-state index is 13.0. The fourth-order valence-corrected chi connectivity index (χ4v) is 4.29. The standard InChI is InChI=1S/C17H16N2O3S/c1-13-11-19(12-15-7-2-4-8-16(15)22-13)23(20,21)17-9-5-3-6-14(17)10-18/h2-9,13H,11-12H2,1H3. The Hall–Kier alpha value is -2.36. The zero-order valence-corrected chi connectivity index (χ0v) is 13.5. The second kappa shape index (κ2) is 6.03. The van der Waals surface area contributed by atoms with Gasteiger partial charge in [0.2, 0.25) is 10.0 Å². The summed E-state index contributed by atoms with van der Waals surface area (Å²) in [6, 6.07) is 15.6. The lowest BCUT2D eigenvalue weighted by atomic mass is 10.2. The van der Waals surface area contributed by atoms with Crippen LogP contribution in [0.2, 0.25) is 0 Å². The first kappa shape index (κ1) is 15.5. The molecular formula is C17H16N2O3S. The van der Waals surface area contributed by atoms with Crippen LogP contribution in [0, 0.1) is 11.3 Å². The minimum absolute atomic E-state index is 0.0362. The van der Waals surface area contributed by atoms with Crippen LogP contribution in [0.1, 0.15) is 18.1 Å². The highest BCUT2D eigenvalue weighted by Gasteiger charge is 2.31. The third kappa shape index (κ3) is 2.93. The third-order valence-electron chi connectivity index (χ3n) is 3.73. The summed E-state index contributed by atoms with van der Waals surface area (Å²) in [6.45, 7) is 2.29. The van der Waals surface area contributed by atoms with Crippen LogP contribution in [-0.4, -0.2) is 25.4 Å². The average Bonchev–Trinajstić information content (AvgIpc) is 2.73. The Balaban J connectivity index is 2.05. The Morgan fingerprint density at radius 2 is 1.87 bits per heavy atom. The van der Waals surface area contributed by atoms with Crippen molar-refractivity contribution in [1.82, 2.24) is 4.31 Å². The van der Waals surface area contributed by atoms with E-state index in [1.807, 2.05) is 37.3 Å². The fourth-order valence-electron chi connectivity index (χ4n) is 2.65. The molecule has 0 bridgehead atoms. The molecule has 2 aromatic rings. The van der Waals surface area contributed by atoms with Crippen LogP contribution in [0.3, 0.4) is 0 Å². The molecule has 0 spiro atoms. The van der Waals surface area contributed by atoms with E-state index in [4.69, 9.17) is 4.74 Å². The van der Waals surface area contributed by atoms with E-state index in [1.54, 1.807) is 12.1 Å². The zero-order chi connectivity index (χ0) is 16.4. The first-order chi connectivity index (χ1) is 11.0. The van der Waals surface area contributed by atoms with Crippen LogP contribution < -0.4 is 4.74 Å². The van der Waals surface area contributed by atoms with Gasteiger partial charge in [0.25, 0.3) is 0 Å². The highest BCUT2D eigenvalue weighted by molar-refractivity contribution is 7.89. The van der Waals surface area contributed by atoms with Crippen molar-refractivity contribution in [3.05, 3.63) is 59.7 Å². The molecule has 1 unspecified atom stereocenters. The second-order valence-corrected chi connectivity index (χ2v) is 7.35. The number of para-hydroxylation sites is 1. The lowest BCUT2D eigenvalue weighted by Crippen LogP contribution is -2.36. The van der Waals surface area contributed by atoms with Crippen LogP contribution in [0.4, 0.5) is 0 Å². The number of hydrogen-bond donors (Lipinski definition) is 0. The van der Waals surface area contributed by atoms with Crippen molar-refractivity contribution in [3.8, 4) is 11.8 Å². The molecule has 5 nitrogen and oxygen atoms in total. The van der Waals surface area contributed by atoms with Crippen molar-refractivity contribution in [3.63, 3.8) is 0 Å². The van der Waals surface area contributed by atoms with Gasteiger partial charge in [-0.3, -0.25) is 0 Å². The van der Waals surface area contributed by atoms with Crippen LogP contribution in [-0.2, 0) is 16.6 Å². The predicted molar refractivity (Wildman–Crippen MR) is 85.3 cm³/mol. The van der Waals surface area contributed by atoms with Crippen molar-refractivity contribution in [2.24, 2.45) is 0 Å². The van der Waals surface area contributed by atoms with E-state index in [0.717, 1.165) is 5.56 Å². The highest BCUT2D eigenvalue weighted by Crippen LogP contribution is 2.29. The minimum Gasteiger partial charge on any atom is -0.489 e. The molecule has 0 aliphatic carbocycles. The molecular weight excluding hydrogens is 312 g/mol. The highest BCUT2D eigenvalue weighted by atomic mass is 32.2. The smallest absolute Gasteiger partial charge is 0.244 e. The summed E-state index contributed by atoms with van der Waals surface area (Å²) in [4.78, 5) is 0.0362. The van der Waals surface area contributed by atoms with Gasteiger partial charge in [-0.15, -0.1) is 0 Å². The predicted octanol–water partition coefficient (Wildman–Crippen LogP) is 2.53. The van der Waals surface area contributed by atoms with Crippen LogP contribution in [0.25, 0.3) is 0 Å². The van der Waals surface area contributed by atoms with Crippen molar-refractivity contribution in [2.75, 3.05) is 6.54 Å². The van der Waals surface area contributed by atoms with Gasteiger partial charge in [-0.05, 0) is 25.1 Å². The van der Waals surface area contributed by atoms with Gasteiger partial charge in [0.1, 0.15) is 17.9 Å². The molecule has 0 radical (unpaired) electrons. The Labute approximate surface area is 135 Å². The van der Waals surface area contributed by atoms with Crippen LogP contribution >= 0.6 is 0 Å². The van der Waals surface area contributed by atoms with E-state index in [2.05, 4.69) is 0 Å². The van der Waals surface area contributed by atoms with E-state index in [9.17, 15) is 13.7 Å². The van der Waals surface area contributed by atoms with Gasteiger partial charge < -0.3 is 4.74 Å². The van der Waals surface area contributed by atoms with Gasteiger partial charge in [-0.2, -0.15) is 9.57 Å². The Morgan fingerprint density at radius 3 is 2.65 bits per heavy atom. The number of rotatable bonds is 2. The van der Waals surface area contributed by atoms with Crippen molar-refractivity contribution < 1.29 is 13.2 Å². The van der Waals surface area contributed by atoms with Gasteiger partial charge in [0, 0.05) is 12.1 Å². The maximum atomic E-state index is 13.0. The molecule has 1 aliphatic heterocycles. The van der Waals surface area contributed by atoms with E-state index in [-0.39, 0.29) is 29.7 Å². The summed E-state index contributed by atoms with van der Waals surface area (Å²) in [6.07, 6.45) is -0.275. The number of ether oxygens (including phenoxy) is 1. The lowest BCUT2D eigenvalue weighted by Gasteiger charge is -2.22. The quantitative estimate of drug-likeness (QED) is 0.849.